The summed E-state index contributed by atoms with van der Waals surface area (Å²) in [5.74, 6) is 0.550. The highest BCUT2D eigenvalue weighted by Crippen LogP contribution is 2.35. The van der Waals surface area contributed by atoms with E-state index in [1.54, 1.807) is 24.3 Å². The average molecular weight is 416 g/mol. The van der Waals surface area contributed by atoms with Crippen LogP contribution in [0, 0.1) is 19.7 Å². The van der Waals surface area contributed by atoms with Crippen molar-refractivity contribution in [3.05, 3.63) is 64.6 Å². The largest absolute Gasteiger partial charge is 0.495 e. The first-order valence-electron chi connectivity index (χ1n) is 9.20. The van der Waals surface area contributed by atoms with Crippen LogP contribution in [0.2, 0.25) is 0 Å². The molecule has 8 heteroatoms. The van der Waals surface area contributed by atoms with Crippen molar-refractivity contribution in [2.24, 2.45) is 0 Å². The summed E-state index contributed by atoms with van der Waals surface area (Å²) in [7, 11) is -2.31. The number of fused-ring (bicyclic) bond motifs is 1. The SMILES string of the molecule is COc1cc(C)c(C)cc1S(=O)(=O)N1CCc2c(noc2-c2ccc(F)cc2)C1. The normalized spacial score (nSPS) is 14.6. The molecule has 1 aliphatic heterocycles. The van der Waals surface area contributed by atoms with E-state index in [-0.39, 0.29) is 17.3 Å². The van der Waals surface area contributed by atoms with Gasteiger partial charge in [-0.3, -0.25) is 0 Å². The first-order chi connectivity index (χ1) is 13.8. The second-order valence-corrected chi connectivity index (χ2v) is 9.03. The highest BCUT2D eigenvalue weighted by molar-refractivity contribution is 7.89. The van der Waals surface area contributed by atoms with E-state index in [0.717, 1.165) is 16.7 Å². The summed E-state index contributed by atoms with van der Waals surface area (Å²) in [5, 5.41) is 4.08. The van der Waals surface area contributed by atoms with E-state index in [1.807, 2.05) is 13.8 Å². The lowest BCUT2D eigenvalue weighted by Gasteiger charge is -2.26. The quantitative estimate of drug-likeness (QED) is 0.646. The Labute approximate surface area is 168 Å². The molecule has 0 radical (unpaired) electrons. The smallest absolute Gasteiger partial charge is 0.247 e. The van der Waals surface area contributed by atoms with Gasteiger partial charge in [-0.1, -0.05) is 5.16 Å². The van der Waals surface area contributed by atoms with Crippen LogP contribution in [0.25, 0.3) is 11.3 Å². The molecule has 0 atom stereocenters. The molecular weight excluding hydrogens is 395 g/mol. The van der Waals surface area contributed by atoms with Crippen LogP contribution in [0.5, 0.6) is 5.75 Å². The second kappa shape index (κ2) is 7.27. The Kier molecular flexibility index (Phi) is 4.92. The first-order valence-corrected chi connectivity index (χ1v) is 10.6. The fourth-order valence-corrected chi connectivity index (χ4v) is 5.13. The second-order valence-electron chi connectivity index (χ2n) is 7.12. The molecule has 1 aromatic heterocycles. The van der Waals surface area contributed by atoms with Crippen LogP contribution >= 0.6 is 0 Å². The standard InChI is InChI=1S/C21H21FN2O4S/c1-13-10-19(27-3)20(11-14(13)2)29(25,26)24-9-8-17-18(12-24)23-28-21(17)15-4-6-16(22)7-5-15/h4-7,10-11H,8-9,12H2,1-3H3. The molecule has 0 spiro atoms. The zero-order chi connectivity index (χ0) is 20.8. The number of nitrogens with zero attached hydrogens (tertiary/aromatic N) is 2. The van der Waals surface area contributed by atoms with Crippen molar-refractivity contribution in [1.29, 1.82) is 0 Å². The minimum Gasteiger partial charge on any atom is -0.495 e. The molecule has 6 nitrogen and oxygen atoms in total. The van der Waals surface area contributed by atoms with E-state index in [1.165, 1.54) is 23.5 Å². The zero-order valence-corrected chi connectivity index (χ0v) is 17.2. The highest BCUT2D eigenvalue weighted by Gasteiger charge is 2.34. The Balaban J connectivity index is 1.67. The van der Waals surface area contributed by atoms with Crippen LogP contribution < -0.4 is 4.74 Å². The third-order valence-electron chi connectivity index (χ3n) is 5.31. The van der Waals surface area contributed by atoms with Gasteiger partial charge in [-0.25, -0.2) is 12.8 Å². The van der Waals surface area contributed by atoms with Gasteiger partial charge in [0.1, 0.15) is 22.2 Å². The molecule has 0 N–H and O–H groups in total. The van der Waals surface area contributed by atoms with Crippen LogP contribution in [0.15, 0.2) is 45.8 Å². The molecule has 4 rings (SSSR count). The maximum Gasteiger partial charge on any atom is 0.247 e. The molecule has 152 valence electrons. The number of halogens is 1. The fraction of sp³-hybridized carbons (Fsp3) is 0.286. The predicted molar refractivity (Wildman–Crippen MR) is 106 cm³/mol. The van der Waals surface area contributed by atoms with E-state index in [9.17, 15) is 12.8 Å². The Hall–Kier alpha value is -2.71. The monoisotopic (exact) mass is 416 g/mol. The Morgan fingerprint density at radius 2 is 1.83 bits per heavy atom. The minimum absolute atomic E-state index is 0.110. The summed E-state index contributed by atoms with van der Waals surface area (Å²) in [6.07, 6.45) is 0.456. The minimum atomic E-state index is -3.77. The number of methoxy groups -OCH3 is 1. The van der Waals surface area contributed by atoms with Gasteiger partial charge in [0.2, 0.25) is 10.0 Å². The molecule has 1 aliphatic rings. The van der Waals surface area contributed by atoms with Gasteiger partial charge in [0.05, 0.1) is 13.7 Å². The Morgan fingerprint density at radius 3 is 2.52 bits per heavy atom. The van der Waals surface area contributed by atoms with Gasteiger partial charge in [-0.2, -0.15) is 4.31 Å². The van der Waals surface area contributed by atoms with Crippen molar-refractivity contribution in [1.82, 2.24) is 9.46 Å². The maximum atomic E-state index is 13.3. The van der Waals surface area contributed by atoms with Crippen molar-refractivity contribution in [3.63, 3.8) is 0 Å². The Bertz CT molecular complexity index is 1170. The third kappa shape index (κ3) is 3.42. The molecule has 29 heavy (non-hydrogen) atoms. The molecule has 2 aromatic carbocycles. The molecule has 0 unspecified atom stereocenters. The predicted octanol–water partition coefficient (Wildman–Crippen LogP) is 3.85. The van der Waals surface area contributed by atoms with Crippen LogP contribution in [0.1, 0.15) is 22.4 Å². The van der Waals surface area contributed by atoms with Gasteiger partial charge in [-0.05, 0) is 67.8 Å². The number of rotatable bonds is 4. The van der Waals surface area contributed by atoms with Crippen molar-refractivity contribution >= 4 is 10.0 Å². The number of aryl methyl sites for hydroxylation is 2. The summed E-state index contributed by atoms with van der Waals surface area (Å²) >= 11 is 0. The molecule has 2 heterocycles. The molecule has 3 aromatic rings. The van der Waals surface area contributed by atoms with Crippen LogP contribution in [0.4, 0.5) is 4.39 Å². The fourth-order valence-electron chi connectivity index (χ4n) is 3.50. The number of sulfonamides is 1. The van der Waals surface area contributed by atoms with Gasteiger partial charge >= 0.3 is 0 Å². The molecule has 0 saturated heterocycles. The lowest BCUT2D eigenvalue weighted by atomic mass is 10.0. The molecule has 0 amide bonds. The van der Waals surface area contributed by atoms with Gasteiger partial charge in [-0.15, -0.1) is 0 Å². The summed E-state index contributed by atoms with van der Waals surface area (Å²) in [6, 6.07) is 9.34. The van der Waals surface area contributed by atoms with E-state index >= 15 is 0 Å². The molecule has 0 fully saturated rings. The van der Waals surface area contributed by atoms with Crippen LogP contribution in [-0.4, -0.2) is 31.5 Å². The molecule has 0 aliphatic carbocycles. The van der Waals surface area contributed by atoms with Crippen LogP contribution in [0.3, 0.4) is 0 Å². The maximum absolute atomic E-state index is 13.3. The van der Waals surface area contributed by atoms with Crippen molar-refractivity contribution < 1.29 is 22.1 Å². The van der Waals surface area contributed by atoms with Gasteiger partial charge in [0.25, 0.3) is 0 Å². The average Bonchev–Trinajstić information content (AvgIpc) is 3.13. The summed E-state index contributed by atoms with van der Waals surface area (Å²) in [5.41, 5.74) is 3.98. The van der Waals surface area contributed by atoms with Crippen LogP contribution in [-0.2, 0) is 23.0 Å². The molecule has 0 bridgehead atoms. The number of ether oxygens (including phenoxy) is 1. The third-order valence-corrected chi connectivity index (χ3v) is 7.18. The van der Waals surface area contributed by atoms with Crippen molar-refractivity contribution in [3.8, 4) is 17.1 Å². The van der Waals surface area contributed by atoms with Gasteiger partial charge in [0, 0.05) is 17.7 Å². The first kappa shape index (κ1) is 19.6. The molecule has 0 saturated carbocycles. The summed E-state index contributed by atoms with van der Waals surface area (Å²) in [4.78, 5) is 0.147. The van der Waals surface area contributed by atoms with E-state index < -0.39 is 10.0 Å². The summed E-state index contributed by atoms with van der Waals surface area (Å²) < 4.78 is 52.0. The highest BCUT2D eigenvalue weighted by atomic mass is 32.2. The lowest BCUT2D eigenvalue weighted by Crippen LogP contribution is -2.36. The van der Waals surface area contributed by atoms with E-state index in [2.05, 4.69) is 5.16 Å². The topological polar surface area (TPSA) is 72.6 Å². The molecular formula is C21H21FN2O4S. The van der Waals surface area contributed by atoms with Gasteiger partial charge < -0.3 is 9.26 Å². The Morgan fingerprint density at radius 1 is 1.14 bits per heavy atom. The zero-order valence-electron chi connectivity index (χ0n) is 16.4. The number of aromatic nitrogens is 1. The van der Waals surface area contributed by atoms with E-state index in [4.69, 9.17) is 9.26 Å². The number of hydrogen-bond donors (Lipinski definition) is 0. The van der Waals surface area contributed by atoms with Crippen molar-refractivity contribution in [2.45, 2.75) is 31.7 Å². The van der Waals surface area contributed by atoms with Crippen molar-refractivity contribution in [2.75, 3.05) is 13.7 Å². The summed E-state index contributed by atoms with van der Waals surface area (Å²) in [6.45, 7) is 4.18. The number of benzene rings is 2. The lowest BCUT2D eigenvalue weighted by molar-refractivity contribution is 0.364. The van der Waals surface area contributed by atoms with Gasteiger partial charge in [0.15, 0.2) is 5.76 Å². The van der Waals surface area contributed by atoms with E-state index in [0.29, 0.717) is 35.7 Å². The number of hydrogen-bond acceptors (Lipinski definition) is 5.